The molecule has 110 valence electrons. The standard InChI is InChI=1S/C11H13NO7S/c1-4-20(17,18)11(12(15)16)8-5-6(2)19-10(7(3)13)9(8)14/h5,14H,4H2,1-3H3/b11-8-. The van der Waals surface area contributed by atoms with E-state index < -0.39 is 48.4 Å². The van der Waals surface area contributed by atoms with Crippen molar-refractivity contribution in [3.63, 3.8) is 0 Å². The van der Waals surface area contributed by atoms with E-state index in [2.05, 4.69) is 0 Å². The first kappa shape index (κ1) is 15.9. The average Bonchev–Trinajstić information content (AvgIpc) is 2.32. The van der Waals surface area contributed by atoms with Crippen molar-refractivity contribution in [2.24, 2.45) is 0 Å². The van der Waals surface area contributed by atoms with Crippen LogP contribution in [0, 0.1) is 10.1 Å². The summed E-state index contributed by atoms with van der Waals surface area (Å²) in [7, 11) is -4.19. The van der Waals surface area contributed by atoms with E-state index in [-0.39, 0.29) is 5.76 Å². The molecule has 0 amide bonds. The molecule has 1 N–H and O–H groups in total. The zero-order valence-corrected chi connectivity index (χ0v) is 11.9. The van der Waals surface area contributed by atoms with Crippen LogP contribution < -0.4 is 0 Å². The topological polar surface area (TPSA) is 124 Å². The molecular weight excluding hydrogens is 290 g/mol. The average molecular weight is 303 g/mol. The van der Waals surface area contributed by atoms with E-state index in [0.29, 0.717) is 0 Å². The highest BCUT2D eigenvalue weighted by atomic mass is 32.2. The number of allylic oxidation sites excluding steroid dienone is 3. The number of rotatable bonds is 4. The first-order valence-corrected chi connectivity index (χ1v) is 7.19. The van der Waals surface area contributed by atoms with E-state index in [9.17, 15) is 28.4 Å². The predicted molar refractivity (Wildman–Crippen MR) is 68.7 cm³/mol. The van der Waals surface area contributed by atoms with Gasteiger partial charge in [0.15, 0.2) is 11.5 Å². The van der Waals surface area contributed by atoms with Crippen LogP contribution in [-0.2, 0) is 19.4 Å². The summed E-state index contributed by atoms with van der Waals surface area (Å²) in [5.74, 6) is -2.50. The SMILES string of the molecule is CCS(=O)(=O)/C(=C1/C=C(C)OC(C(C)=O)=C1O)[N+](=O)[O-]. The second kappa shape index (κ2) is 5.45. The van der Waals surface area contributed by atoms with Crippen molar-refractivity contribution in [2.75, 3.05) is 5.75 Å². The van der Waals surface area contributed by atoms with Gasteiger partial charge in [-0.05, 0) is 13.0 Å². The third kappa shape index (κ3) is 2.87. The van der Waals surface area contributed by atoms with Gasteiger partial charge in [-0.25, -0.2) is 8.42 Å². The minimum atomic E-state index is -4.19. The van der Waals surface area contributed by atoms with E-state index in [0.717, 1.165) is 13.0 Å². The first-order valence-electron chi connectivity index (χ1n) is 5.54. The molecule has 0 unspecified atom stereocenters. The van der Waals surface area contributed by atoms with Crippen LogP contribution in [0.3, 0.4) is 0 Å². The second-order valence-corrected chi connectivity index (χ2v) is 6.16. The lowest BCUT2D eigenvalue weighted by Crippen LogP contribution is -2.20. The van der Waals surface area contributed by atoms with E-state index in [1.54, 1.807) is 0 Å². The summed E-state index contributed by atoms with van der Waals surface area (Å²) in [5, 5.41) is 19.7. The van der Waals surface area contributed by atoms with Crippen LogP contribution in [0.5, 0.6) is 0 Å². The Balaban J connectivity index is 3.76. The molecule has 0 atom stereocenters. The summed E-state index contributed by atoms with van der Waals surface area (Å²) in [5.41, 5.74) is -0.550. The lowest BCUT2D eigenvalue weighted by atomic mass is 10.1. The number of Topliss-reactive ketones (excluding diaryl/α,β-unsaturated/α-hetero) is 1. The van der Waals surface area contributed by atoms with Crippen LogP contribution in [0.4, 0.5) is 0 Å². The first-order chi connectivity index (χ1) is 9.11. The smallest absolute Gasteiger partial charge is 0.370 e. The number of carbonyl (C=O) groups is 1. The molecule has 0 aliphatic carbocycles. The lowest BCUT2D eigenvalue weighted by molar-refractivity contribution is -0.412. The number of aliphatic hydroxyl groups excluding tert-OH is 1. The van der Waals surface area contributed by atoms with Crippen LogP contribution in [-0.4, -0.2) is 30.0 Å². The zero-order valence-electron chi connectivity index (χ0n) is 11.0. The third-order valence-electron chi connectivity index (χ3n) is 2.47. The minimum absolute atomic E-state index is 0.0636. The maximum atomic E-state index is 11.8. The Kier molecular flexibility index (Phi) is 4.33. The van der Waals surface area contributed by atoms with Crippen molar-refractivity contribution in [1.82, 2.24) is 0 Å². The van der Waals surface area contributed by atoms with Crippen molar-refractivity contribution < 1.29 is 28.0 Å². The molecule has 1 rings (SSSR count). The van der Waals surface area contributed by atoms with Gasteiger partial charge in [-0.3, -0.25) is 14.9 Å². The molecular formula is C11H13NO7S. The fraction of sp³-hybridized carbons (Fsp3) is 0.364. The summed E-state index contributed by atoms with van der Waals surface area (Å²) < 4.78 is 28.5. The molecule has 1 heterocycles. The van der Waals surface area contributed by atoms with E-state index >= 15 is 0 Å². The highest BCUT2D eigenvalue weighted by Crippen LogP contribution is 2.29. The van der Waals surface area contributed by atoms with Gasteiger partial charge in [0.2, 0.25) is 15.6 Å². The fourth-order valence-electron chi connectivity index (χ4n) is 1.55. The van der Waals surface area contributed by atoms with Crippen molar-refractivity contribution in [3.05, 3.63) is 44.1 Å². The molecule has 0 aromatic heterocycles. The van der Waals surface area contributed by atoms with Gasteiger partial charge >= 0.3 is 5.03 Å². The molecule has 0 fully saturated rings. The van der Waals surface area contributed by atoms with Gasteiger partial charge in [0.05, 0.1) is 10.7 Å². The van der Waals surface area contributed by atoms with Gasteiger partial charge in [0.25, 0.3) is 0 Å². The van der Waals surface area contributed by atoms with Crippen LogP contribution in [0.15, 0.2) is 34.0 Å². The molecule has 1 aliphatic heterocycles. The van der Waals surface area contributed by atoms with Gasteiger partial charge in [-0.1, -0.05) is 6.92 Å². The number of nitro groups is 1. The predicted octanol–water partition coefficient (Wildman–Crippen LogP) is 1.20. The number of ketones is 1. The molecule has 20 heavy (non-hydrogen) atoms. The van der Waals surface area contributed by atoms with Crippen molar-refractivity contribution in [3.8, 4) is 0 Å². The van der Waals surface area contributed by atoms with E-state index in [4.69, 9.17) is 4.74 Å². The summed E-state index contributed by atoms with van der Waals surface area (Å²) in [6, 6.07) is 0. The number of aliphatic hydroxyl groups is 1. The molecule has 1 aliphatic rings. The zero-order chi connectivity index (χ0) is 15.7. The van der Waals surface area contributed by atoms with Gasteiger partial charge in [0.1, 0.15) is 11.3 Å². The molecule has 0 radical (unpaired) electrons. The molecule has 0 spiro atoms. The van der Waals surface area contributed by atoms with Crippen LogP contribution in [0.2, 0.25) is 0 Å². The number of carbonyl (C=O) groups excluding carboxylic acids is 1. The number of hydrogen-bond acceptors (Lipinski definition) is 7. The van der Waals surface area contributed by atoms with Gasteiger partial charge < -0.3 is 9.84 Å². The summed E-state index contributed by atoms with van der Waals surface area (Å²) in [6.07, 6.45) is 1.01. The maximum Gasteiger partial charge on any atom is 0.370 e. The third-order valence-corrected chi connectivity index (χ3v) is 4.19. The largest absolute Gasteiger partial charge is 0.504 e. The minimum Gasteiger partial charge on any atom is -0.504 e. The fourth-order valence-corrected chi connectivity index (χ4v) is 2.54. The molecule has 0 bridgehead atoms. The monoisotopic (exact) mass is 303 g/mol. The lowest BCUT2D eigenvalue weighted by Gasteiger charge is -2.16. The summed E-state index contributed by atoms with van der Waals surface area (Å²) >= 11 is 0. The molecule has 0 aromatic carbocycles. The van der Waals surface area contributed by atoms with Gasteiger partial charge in [0, 0.05) is 6.92 Å². The number of nitrogens with zero attached hydrogens (tertiary/aromatic N) is 1. The van der Waals surface area contributed by atoms with Crippen molar-refractivity contribution >= 4 is 15.6 Å². The van der Waals surface area contributed by atoms with Crippen LogP contribution in [0.1, 0.15) is 20.8 Å². The maximum absolute atomic E-state index is 11.8. The highest BCUT2D eigenvalue weighted by Gasteiger charge is 2.36. The van der Waals surface area contributed by atoms with Gasteiger partial charge in [-0.15, -0.1) is 0 Å². The Morgan fingerprint density at radius 3 is 2.45 bits per heavy atom. The molecule has 0 saturated heterocycles. The van der Waals surface area contributed by atoms with E-state index in [1.165, 1.54) is 13.8 Å². The Morgan fingerprint density at radius 2 is 2.05 bits per heavy atom. The van der Waals surface area contributed by atoms with Crippen molar-refractivity contribution in [1.29, 1.82) is 0 Å². The molecule has 0 saturated carbocycles. The molecule has 9 heteroatoms. The number of ether oxygens (including phenoxy) is 1. The normalized spacial score (nSPS) is 18.2. The second-order valence-electron chi connectivity index (χ2n) is 3.97. The Morgan fingerprint density at radius 1 is 1.50 bits per heavy atom. The Bertz CT molecular complexity index is 667. The van der Waals surface area contributed by atoms with Crippen LogP contribution in [0.25, 0.3) is 0 Å². The van der Waals surface area contributed by atoms with E-state index in [1.807, 2.05) is 0 Å². The Hall–Kier alpha value is -2.16. The number of hydrogen-bond donors (Lipinski definition) is 1. The number of sulfone groups is 1. The highest BCUT2D eigenvalue weighted by molar-refractivity contribution is 7.94. The quantitative estimate of drug-likeness (QED) is 0.611. The Labute approximate surface area is 115 Å². The van der Waals surface area contributed by atoms with Crippen LogP contribution >= 0.6 is 0 Å². The molecule has 8 nitrogen and oxygen atoms in total. The van der Waals surface area contributed by atoms with Gasteiger partial charge in [-0.2, -0.15) is 0 Å². The van der Waals surface area contributed by atoms with Crippen molar-refractivity contribution in [2.45, 2.75) is 20.8 Å². The summed E-state index contributed by atoms with van der Waals surface area (Å²) in [6.45, 7) is 3.70. The molecule has 0 aromatic rings. The summed E-state index contributed by atoms with van der Waals surface area (Å²) in [4.78, 5) is 21.2.